The van der Waals surface area contributed by atoms with Crippen molar-refractivity contribution >= 4 is 23.4 Å². The number of nitrogens with one attached hydrogen (secondary N) is 1. The van der Waals surface area contributed by atoms with Gasteiger partial charge in [0.1, 0.15) is 11.6 Å². The third-order valence-electron chi connectivity index (χ3n) is 4.38. The zero-order valence-corrected chi connectivity index (χ0v) is 17.0. The smallest absolute Gasteiger partial charge is 0.234 e. The lowest BCUT2D eigenvalue weighted by atomic mass is 10.1. The van der Waals surface area contributed by atoms with E-state index < -0.39 is 0 Å². The van der Waals surface area contributed by atoms with Gasteiger partial charge in [-0.05, 0) is 43.3 Å². The highest BCUT2D eigenvalue weighted by atomic mass is 32.2. The van der Waals surface area contributed by atoms with Gasteiger partial charge < -0.3 is 9.73 Å². The number of carbonyl (C=O) groups excluding carboxylic acids is 1. The van der Waals surface area contributed by atoms with Crippen LogP contribution in [0.4, 0.5) is 10.1 Å². The summed E-state index contributed by atoms with van der Waals surface area (Å²) >= 11 is 1.28. The van der Waals surface area contributed by atoms with Gasteiger partial charge in [-0.25, -0.2) is 4.39 Å². The first-order valence-corrected chi connectivity index (χ1v) is 10.3. The number of hydrogen-bond donors (Lipinski definition) is 1. The number of halogens is 1. The Balaban J connectivity index is 1.52. The number of anilines is 1. The van der Waals surface area contributed by atoms with Crippen molar-refractivity contribution in [3.63, 3.8) is 0 Å². The molecule has 0 unspecified atom stereocenters. The van der Waals surface area contributed by atoms with Crippen LogP contribution in [0.25, 0.3) is 11.4 Å². The average molecular weight is 422 g/mol. The van der Waals surface area contributed by atoms with Gasteiger partial charge in [-0.3, -0.25) is 9.36 Å². The molecule has 0 aliphatic heterocycles. The molecule has 2 heterocycles. The zero-order valence-electron chi connectivity index (χ0n) is 16.2. The summed E-state index contributed by atoms with van der Waals surface area (Å²) in [6.45, 7) is 2.48. The van der Waals surface area contributed by atoms with Crippen molar-refractivity contribution in [3.05, 3.63) is 84.1 Å². The Morgan fingerprint density at radius 2 is 1.87 bits per heavy atom. The number of aryl methyl sites for hydroxylation is 1. The fourth-order valence-corrected chi connectivity index (χ4v) is 3.61. The topological polar surface area (TPSA) is 73.0 Å². The van der Waals surface area contributed by atoms with Crippen LogP contribution in [0.5, 0.6) is 0 Å². The van der Waals surface area contributed by atoms with Crippen LogP contribution in [-0.4, -0.2) is 26.4 Å². The molecule has 0 aliphatic carbocycles. The standard InChI is InChI=1S/C22H19FN4O2S/c1-15-4-6-16(7-5-15)21-25-26-22(27(21)13-19-3-2-12-29-19)30-14-20(28)24-18-10-8-17(23)9-11-18/h2-12H,13-14H2,1H3,(H,24,28). The molecule has 0 aliphatic rings. The summed E-state index contributed by atoms with van der Waals surface area (Å²) in [4.78, 5) is 12.3. The maximum atomic E-state index is 13.0. The van der Waals surface area contributed by atoms with Gasteiger partial charge >= 0.3 is 0 Å². The Morgan fingerprint density at radius 1 is 1.10 bits per heavy atom. The Bertz CT molecular complexity index is 1120. The summed E-state index contributed by atoms with van der Waals surface area (Å²) in [5.41, 5.74) is 2.63. The second kappa shape index (κ2) is 8.96. The van der Waals surface area contributed by atoms with E-state index in [1.165, 1.54) is 36.0 Å². The van der Waals surface area contributed by atoms with E-state index in [1.54, 1.807) is 6.26 Å². The van der Waals surface area contributed by atoms with E-state index in [-0.39, 0.29) is 17.5 Å². The van der Waals surface area contributed by atoms with Gasteiger partial charge in [-0.1, -0.05) is 41.6 Å². The predicted molar refractivity (Wildman–Crippen MR) is 114 cm³/mol. The normalized spacial score (nSPS) is 10.9. The Morgan fingerprint density at radius 3 is 2.57 bits per heavy atom. The molecule has 4 aromatic rings. The van der Waals surface area contributed by atoms with Crippen molar-refractivity contribution in [2.24, 2.45) is 0 Å². The highest BCUT2D eigenvalue weighted by Gasteiger charge is 2.17. The number of hydrogen-bond acceptors (Lipinski definition) is 5. The molecule has 0 fully saturated rings. The van der Waals surface area contributed by atoms with Crippen molar-refractivity contribution in [1.29, 1.82) is 0 Å². The minimum absolute atomic E-state index is 0.140. The van der Waals surface area contributed by atoms with E-state index in [9.17, 15) is 9.18 Å². The fourth-order valence-electron chi connectivity index (χ4n) is 2.87. The molecule has 1 amide bonds. The maximum Gasteiger partial charge on any atom is 0.234 e. The van der Waals surface area contributed by atoms with Gasteiger partial charge in [-0.15, -0.1) is 10.2 Å². The largest absolute Gasteiger partial charge is 0.467 e. The number of furan rings is 1. The number of thioether (sulfide) groups is 1. The van der Waals surface area contributed by atoms with Crippen LogP contribution in [0, 0.1) is 12.7 Å². The van der Waals surface area contributed by atoms with Gasteiger partial charge in [-0.2, -0.15) is 0 Å². The van der Waals surface area contributed by atoms with E-state index in [2.05, 4.69) is 15.5 Å². The number of aromatic nitrogens is 3. The van der Waals surface area contributed by atoms with Crippen LogP contribution in [0.15, 0.2) is 76.5 Å². The molecule has 0 saturated carbocycles. The molecule has 4 rings (SSSR count). The summed E-state index contributed by atoms with van der Waals surface area (Å²) in [5.74, 6) is 1.04. The molecule has 0 atom stereocenters. The third kappa shape index (κ3) is 4.77. The molecule has 1 N–H and O–H groups in total. The summed E-state index contributed by atoms with van der Waals surface area (Å²) in [6.07, 6.45) is 1.62. The van der Waals surface area contributed by atoms with Crippen molar-refractivity contribution in [3.8, 4) is 11.4 Å². The number of benzene rings is 2. The highest BCUT2D eigenvalue weighted by molar-refractivity contribution is 7.99. The minimum atomic E-state index is -0.350. The molecule has 2 aromatic heterocycles. The number of rotatable bonds is 7. The molecule has 0 saturated heterocycles. The first-order valence-electron chi connectivity index (χ1n) is 9.29. The van der Waals surface area contributed by atoms with Crippen LogP contribution in [0.2, 0.25) is 0 Å². The molecule has 152 valence electrons. The van der Waals surface area contributed by atoms with Gasteiger partial charge in [0, 0.05) is 11.3 Å². The van der Waals surface area contributed by atoms with Crippen LogP contribution in [-0.2, 0) is 11.3 Å². The monoisotopic (exact) mass is 422 g/mol. The number of carbonyl (C=O) groups is 1. The van der Waals surface area contributed by atoms with Crippen molar-refractivity contribution in [2.75, 3.05) is 11.1 Å². The first-order chi connectivity index (χ1) is 14.6. The molecule has 30 heavy (non-hydrogen) atoms. The van der Waals surface area contributed by atoms with E-state index >= 15 is 0 Å². The average Bonchev–Trinajstić information content (AvgIpc) is 3.39. The molecular weight excluding hydrogens is 403 g/mol. The Kier molecular flexibility index (Phi) is 5.94. The Labute approximate surface area is 177 Å². The van der Waals surface area contributed by atoms with E-state index in [0.717, 1.165) is 16.9 Å². The summed E-state index contributed by atoms with van der Waals surface area (Å²) in [5, 5.41) is 12.0. The van der Waals surface area contributed by atoms with Crippen molar-refractivity contribution < 1.29 is 13.6 Å². The predicted octanol–water partition coefficient (Wildman–Crippen LogP) is 4.76. The van der Waals surface area contributed by atoms with Gasteiger partial charge in [0.05, 0.1) is 18.6 Å². The van der Waals surface area contributed by atoms with Gasteiger partial charge in [0.2, 0.25) is 5.91 Å². The van der Waals surface area contributed by atoms with Crippen LogP contribution in [0.1, 0.15) is 11.3 Å². The summed E-state index contributed by atoms with van der Waals surface area (Å²) in [7, 11) is 0. The third-order valence-corrected chi connectivity index (χ3v) is 5.35. The quantitative estimate of drug-likeness (QED) is 0.435. The van der Waals surface area contributed by atoms with E-state index in [1.807, 2.05) is 47.9 Å². The van der Waals surface area contributed by atoms with Gasteiger partial charge in [0.25, 0.3) is 0 Å². The number of nitrogens with zero attached hydrogens (tertiary/aromatic N) is 3. The second-order valence-corrected chi connectivity index (χ2v) is 7.62. The second-order valence-electron chi connectivity index (χ2n) is 6.68. The van der Waals surface area contributed by atoms with Crippen molar-refractivity contribution in [1.82, 2.24) is 14.8 Å². The van der Waals surface area contributed by atoms with E-state index in [4.69, 9.17) is 4.42 Å². The number of amides is 1. The first kappa shape index (κ1) is 19.9. The molecule has 8 heteroatoms. The molecule has 6 nitrogen and oxygen atoms in total. The molecule has 0 bridgehead atoms. The summed E-state index contributed by atoms with van der Waals surface area (Å²) < 4.78 is 20.4. The Hall–Kier alpha value is -3.39. The van der Waals surface area contributed by atoms with Gasteiger partial charge in [0.15, 0.2) is 11.0 Å². The highest BCUT2D eigenvalue weighted by Crippen LogP contribution is 2.26. The molecule has 0 radical (unpaired) electrons. The van der Waals surface area contributed by atoms with E-state index in [0.29, 0.717) is 23.2 Å². The fraction of sp³-hybridized carbons (Fsp3) is 0.136. The maximum absolute atomic E-state index is 13.0. The van der Waals surface area contributed by atoms with Crippen LogP contribution in [0.3, 0.4) is 0 Å². The van der Waals surface area contributed by atoms with Crippen LogP contribution >= 0.6 is 11.8 Å². The molecule has 0 spiro atoms. The van der Waals surface area contributed by atoms with Crippen molar-refractivity contribution in [2.45, 2.75) is 18.6 Å². The lowest BCUT2D eigenvalue weighted by molar-refractivity contribution is -0.113. The zero-order chi connectivity index (χ0) is 20.9. The summed E-state index contributed by atoms with van der Waals surface area (Å²) in [6, 6.07) is 17.4. The molecule has 2 aromatic carbocycles. The lowest BCUT2D eigenvalue weighted by Gasteiger charge is -2.09. The lowest BCUT2D eigenvalue weighted by Crippen LogP contribution is -2.14. The molecular formula is C22H19FN4O2S. The minimum Gasteiger partial charge on any atom is -0.467 e. The van der Waals surface area contributed by atoms with Crippen LogP contribution < -0.4 is 5.32 Å². The SMILES string of the molecule is Cc1ccc(-c2nnc(SCC(=O)Nc3ccc(F)cc3)n2Cc2ccco2)cc1.